The predicted octanol–water partition coefficient (Wildman–Crippen LogP) is 1.62. The van der Waals surface area contributed by atoms with E-state index in [4.69, 9.17) is 9.15 Å². The fourth-order valence-corrected chi connectivity index (χ4v) is 5.57. The summed E-state index contributed by atoms with van der Waals surface area (Å²) in [5.74, 6) is -4.60. The molecular formula is C31H33N5O9. The maximum absolute atomic E-state index is 13.8. The topological polar surface area (TPSA) is 188 Å². The number of carboxylic acid groups (broad SMARTS) is 1. The number of methoxy groups -OCH3 is 1. The van der Waals surface area contributed by atoms with Gasteiger partial charge in [-0.3, -0.25) is 33.8 Å². The molecule has 2 fully saturated rings. The monoisotopic (exact) mass is 619 g/mol. The Morgan fingerprint density at radius 1 is 1.09 bits per heavy atom. The van der Waals surface area contributed by atoms with Crippen molar-refractivity contribution in [1.82, 2.24) is 25.6 Å². The molecule has 0 saturated carbocycles. The molecule has 3 N–H and O–H groups in total. The Morgan fingerprint density at radius 2 is 1.87 bits per heavy atom. The first-order valence-corrected chi connectivity index (χ1v) is 14.6. The van der Waals surface area contributed by atoms with E-state index in [0.29, 0.717) is 24.1 Å². The maximum atomic E-state index is 13.8. The largest absolute Gasteiger partial charge is 0.493 e. The SMILES string of the molecule is COc1cccc2nc(C(=O)C(CC(=O)O)NC(=O)C3CCCN4C(=O)CCC(NC(=O)CCc5ccccc5)C(=O)N34)oc12. The third-order valence-electron chi connectivity index (χ3n) is 7.80. The van der Waals surface area contributed by atoms with Gasteiger partial charge in [-0.15, -0.1) is 0 Å². The molecule has 45 heavy (non-hydrogen) atoms. The number of nitrogens with zero attached hydrogens (tertiary/aromatic N) is 3. The van der Waals surface area contributed by atoms with E-state index in [0.717, 1.165) is 10.6 Å². The fourth-order valence-electron chi connectivity index (χ4n) is 5.57. The second-order valence-corrected chi connectivity index (χ2v) is 10.9. The molecule has 0 spiro atoms. The van der Waals surface area contributed by atoms with Gasteiger partial charge in [-0.05, 0) is 43.4 Å². The molecule has 1 aromatic heterocycles. The summed E-state index contributed by atoms with van der Waals surface area (Å²) in [4.78, 5) is 82.5. The second kappa shape index (κ2) is 13.6. The first-order chi connectivity index (χ1) is 21.7. The van der Waals surface area contributed by atoms with E-state index >= 15 is 0 Å². The zero-order valence-electron chi connectivity index (χ0n) is 24.6. The van der Waals surface area contributed by atoms with Crippen molar-refractivity contribution in [2.75, 3.05) is 13.7 Å². The predicted molar refractivity (Wildman–Crippen MR) is 157 cm³/mol. The van der Waals surface area contributed by atoms with Gasteiger partial charge in [0.25, 0.3) is 11.8 Å². The summed E-state index contributed by atoms with van der Waals surface area (Å²) >= 11 is 0. The number of benzene rings is 2. The molecule has 236 valence electrons. The number of amides is 4. The van der Waals surface area contributed by atoms with E-state index < -0.39 is 54.0 Å². The number of carboxylic acids is 1. The Labute approximate surface area is 257 Å². The van der Waals surface area contributed by atoms with E-state index in [1.807, 2.05) is 30.3 Å². The molecule has 4 amide bonds. The van der Waals surface area contributed by atoms with Crippen molar-refractivity contribution in [3.63, 3.8) is 0 Å². The highest BCUT2D eigenvalue weighted by atomic mass is 16.5. The number of aryl methyl sites for hydroxylation is 1. The Bertz CT molecular complexity index is 1620. The molecule has 2 saturated heterocycles. The number of aliphatic carboxylic acids is 1. The van der Waals surface area contributed by atoms with Gasteiger partial charge < -0.3 is 24.9 Å². The van der Waals surface area contributed by atoms with Crippen LogP contribution in [0.2, 0.25) is 0 Å². The molecule has 3 aromatic rings. The molecule has 3 heterocycles. The third-order valence-corrected chi connectivity index (χ3v) is 7.80. The van der Waals surface area contributed by atoms with Crippen molar-refractivity contribution in [3.8, 4) is 5.75 Å². The number of ketones is 1. The summed E-state index contributed by atoms with van der Waals surface area (Å²) in [5, 5.41) is 16.9. The first-order valence-electron chi connectivity index (χ1n) is 14.6. The van der Waals surface area contributed by atoms with Crippen LogP contribution in [-0.4, -0.2) is 87.3 Å². The highest BCUT2D eigenvalue weighted by molar-refractivity contribution is 6.03. The number of hydrazine groups is 1. The summed E-state index contributed by atoms with van der Waals surface area (Å²) < 4.78 is 10.8. The molecule has 2 aliphatic heterocycles. The van der Waals surface area contributed by atoms with Crippen molar-refractivity contribution in [2.24, 2.45) is 0 Å². The minimum absolute atomic E-state index is 0.0263. The van der Waals surface area contributed by atoms with Crippen LogP contribution < -0.4 is 15.4 Å². The summed E-state index contributed by atoms with van der Waals surface area (Å²) in [7, 11) is 1.41. The quantitative estimate of drug-likeness (QED) is 0.266. The minimum Gasteiger partial charge on any atom is -0.493 e. The van der Waals surface area contributed by atoms with Gasteiger partial charge in [-0.1, -0.05) is 36.4 Å². The molecule has 0 aliphatic carbocycles. The molecule has 3 unspecified atom stereocenters. The number of oxazole rings is 1. The lowest BCUT2D eigenvalue weighted by atomic mass is 10.0. The highest BCUT2D eigenvalue weighted by Crippen LogP contribution is 2.28. The molecule has 14 nitrogen and oxygen atoms in total. The number of rotatable bonds is 11. The van der Waals surface area contributed by atoms with Crippen molar-refractivity contribution < 1.29 is 43.0 Å². The van der Waals surface area contributed by atoms with Crippen LogP contribution in [0.4, 0.5) is 0 Å². The standard InChI is InChI=1S/C31H33N5O9/c1-44-23-11-5-9-19-28(23)45-30(34-19)27(41)21(17-26(39)40)33-29(42)22-10-6-16-35-25(38)15-13-20(31(43)36(22)35)32-24(37)14-12-18-7-3-2-4-8-18/h2-5,7-9,11,20-22H,6,10,12-17H2,1H3,(H,32,37)(H,33,42)(H,39,40). The van der Waals surface area contributed by atoms with Gasteiger partial charge in [0.15, 0.2) is 11.3 Å². The van der Waals surface area contributed by atoms with E-state index in [1.54, 1.807) is 18.2 Å². The average molecular weight is 620 g/mol. The van der Waals surface area contributed by atoms with Crippen LogP contribution in [0, 0.1) is 0 Å². The van der Waals surface area contributed by atoms with Crippen molar-refractivity contribution in [2.45, 2.75) is 63.1 Å². The van der Waals surface area contributed by atoms with Gasteiger partial charge in [0.05, 0.1) is 13.5 Å². The molecule has 3 atom stereocenters. The van der Waals surface area contributed by atoms with Crippen LogP contribution in [0.5, 0.6) is 5.75 Å². The van der Waals surface area contributed by atoms with Gasteiger partial charge in [-0.25, -0.2) is 9.99 Å². The smallest absolute Gasteiger partial charge is 0.305 e. The Balaban J connectivity index is 1.33. The zero-order valence-corrected chi connectivity index (χ0v) is 24.6. The zero-order chi connectivity index (χ0) is 32.1. The molecular weight excluding hydrogens is 586 g/mol. The van der Waals surface area contributed by atoms with Gasteiger partial charge in [0.1, 0.15) is 23.6 Å². The lowest BCUT2D eigenvalue weighted by molar-refractivity contribution is -0.176. The number of para-hydroxylation sites is 1. The number of fused-ring (bicyclic) bond motifs is 2. The number of carbonyl (C=O) groups is 6. The van der Waals surface area contributed by atoms with Crippen molar-refractivity contribution >= 4 is 46.5 Å². The van der Waals surface area contributed by atoms with Crippen LogP contribution in [0.15, 0.2) is 52.9 Å². The first kappa shape index (κ1) is 31.2. The summed E-state index contributed by atoms with van der Waals surface area (Å²) in [6.45, 7) is 0.186. The normalized spacial score (nSPS) is 19.0. The maximum Gasteiger partial charge on any atom is 0.305 e. The van der Waals surface area contributed by atoms with Crippen LogP contribution in [0.1, 0.15) is 54.8 Å². The van der Waals surface area contributed by atoms with Crippen LogP contribution in [-0.2, 0) is 30.4 Å². The van der Waals surface area contributed by atoms with Gasteiger partial charge in [0.2, 0.25) is 23.5 Å². The number of hydrogen-bond acceptors (Lipinski definition) is 9. The van der Waals surface area contributed by atoms with E-state index in [2.05, 4.69) is 15.6 Å². The molecule has 2 aromatic carbocycles. The number of Topliss-reactive ketones (excluding diaryl/α,β-unsaturated/α-hetero) is 1. The van der Waals surface area contributed by atoms with E-state index in [9.17, 15) is 33.9 Å². The lowest BCUT2D eigenvalue weighted by Crippen LogP contribution is -2.64. The number of aromatic nitrogens is 1. The number of ether oxygens (including phenoxy) is 1. The summed E-state index contributed by atoms with van der Waals surface area (Å²) in [6, 6.07) is 10.3. The fraction of sp³-hybridized carbons (Fsp3) is 0.387. The van der Waals surface area contributed by atoms with Gasteiger partial charge >= 0.3 is 5.97 Å². The van der Waals surface area contributed by atoms with Crippen LogP contribution >= 0.6 is 0 Å². The van der Waals surface area contributed by atoms with Gasteiger partial charge in [0, 0.05) is 19.4 Å². The molecule has 14 heteroatoms. The Kier molecular flexibility index (Phi) is 9.40. The molecule has 2 aliphatic rings. The number of nitrogens with one attached hydrogen (secondary N) is 2. The highest BCUT2D eigenvalue weighted by Gasteiger charge is 2.45. The average Bonchev–Trinajstić information content (AvgIpc) is 3.44. The Morgan fingerprint density at radius 3 is 2.60 bits per heavy atom. The number of hydrogen-bond donors (Lipinski definition) is 3. The second-order valence-electron chi connectivity index (χ2n) is 10.9. The summed E-state index contributed by atoms with van der Waals surface area (Å²) in [6.07, 6.45) is 0.340. The molecule has 0 bridgehead atoms. The minimum atomic E-state index is -1.59. The Hall–Kier alpha value is -5.27. The van der Waals surface area contributed by atoms with E-state index in [1.165, 1.54) is 12.1 Å². The van der Waals surface area contributed by atoms with E-state index in [-0.39, 0.29) is 49.6 Å². The van der Waals surface area contributed by atoms with Gasteiger partial charge in [-0.2, -0.15) is 0 Å². The summed E-state index contributed by atoms with van der Waals surface area (Å²) in [5.41, 5.74) is 1.43. The third kappa shape index (κ3) is 6.95. The van der Waals surface area contributed by atoms with Crippen molar-refractivity contribution in [1.29, 1.82) is 0 Å². The molecule has 0 radical (unpaired) electrons. The van der Waals surface area contributed by atoms with Crippen LogP contribution in [0.3, 0.4) is 0 Å². The lowest BCUT2D eigenvalue weighted by Gasteiger charge is -2.43. The number of carbonyl (C=O) groups excluding carboxylic acids is 5. The van der Waals surface area contributed by atoms with Crippen molar-refractivity contribution in [3.05, 3.63) is 60.0 Å². The van der Waals surface area contributed by atoms with Crippen LogP contribution in [0.25, 0.3) is 11.1 Å². The molecule has 5 rings (SSSR count).